The summed E-state index contributed by atoms with van der Waals surface area (Å²) in [6, 6.07) is 19.1. The van der Waals surface area contributed by atoms with Crippen molar-refractivity contribution in [3.05, 3.63) is 88.0 Å². The molecule has 4 aromatic rings. The molecule has 0 unspecified atom stereocenters. The number of hydrogen-bond acceptors (Lipinski definition) is 5. The maximum atomic E-state index is 12.6. The van der Waals surface area contributed by atoms with Crippen LogP contribution in [-0.4, -0.2) is 25.8 Å². The highest BCUT2D eigenvalue weighted by atomic mass is 16.6. The number of benzene rings is 3. The van der Waals surface area contributed by atoms with Gasteiger partial charge in [0.05, 0.1) is 10.6 Å². The van der Waals surface area contributed by atoms with Crippen LogP contribution in [0.3, 0.4) is 0 Å². The summed E-state index contributed by atoms with van der Waals surface area (Å²) in [5, 5.41) is 22.9. The fourth-order valence-corrected chi connectivity index (χ4v) is 3.31. The van der Waals surface area contributed by atoms with Crippen LogP contribution < -0.4 is 5.32 Å². The van der Waals surface area contributed by atoms with Crippen molar-refractivity contribution in [2.45, 2.75) is 26.2 Å². The van der Waals surface area contributed by atoms with Crippen LogP contribution in [0.1, 0.15) is 35.7 Å². The summed E-state index contributed by atoms with van der Waals surface area (Å²) in [5.41, 5.74) is 3.66. The van der Waals surface area contributed by atoms with E-state index in [0.717, 1.165) is 24.9 Å². The van der Waals surface area contributed by atoms with Crippen molar-refractivity contribution in [3.63, 3.8) is 0 Å². The molecule has 1 amide bonds. The number of fused-ring (bicyclic) bond motifs is 1. The summed E-state index contributed by atoms with van der Waals surface area (Å²) in [7, 11) is 0. The van der Waals surface area contributed by atoms with Crippen molar-refractivity contribution in [2.75, 3.05) is 5.32 Å². The minimum atomic E-state index is -0.572. The number of rotatable bonds is 7. The lowest BCUT2D eigenvalue weighted by molar-refractivity contribution is -0.385. The molecule has 0 radical (unpaired) electrons. The molecule has 8 nitrogen and oxygen atoms in total. The van der Waals surface area contributed by atoms with Crippen molar-refractivity contribution < 1.29 is 9.72 Å². The number of nitro groups is 1. The van der Waals surface area contributed by atoms with Crippen molar-refractivity contribution in [2.24, 2.45) is 0 Å². The summed E-state index contributed by atoms with van der Waals surface area (Å²) in [6.45, 7) is 2.17. The highest BCUT2D eigenvalue weighted by molar-refractivity contribution is 6.07. The van der Waals surface area contributed by atoms with E-state index in [-0.39, 0.29) is 11.3 Å². The van der Waals surface area contributed by atoms with E-state index >= 15 is 0 Å². The fraction of sp³-hybridized carbons (Fsp3) is 0.174. The third-order valence-electron chi connectivity index (χ3n) is 4.97. The summed E-state index contributed by atoms with van der Waals surface area (Å²) in [4.78, 5) is 24.7. The number of nitro benzene ring substituents is 1. The van der Waals surface area contributed by atoms with Gasteiger partial charge >= 0.3 is 0 Å². The molecule has 0 saturated carbocycles. The quantitative estimate of drug-likeness (QED) is 0.341. The van der Waals surface area contributed by atoms with E-state index in [1.54, 1.807) is 29.1 Å². The van der Waals surface area contributed by atoms with Crippen molar-refractivity contribution in [3.8, 4) is 5.69 Å². The number of hydrogen-bond donors (Lipinski definition) is 1. The van der Waals surface area contributed by atoms with Crippen LogP contribution in [-0.2, 0) is 6.42 Å². The van der Waals surface area contributed by atoms with Gasteiger partial charge in [-0.05, 0) is 54.8 Å². The Morgan fingerprint density at radius 1 is 1.03 bits per heavy atom. The second-order valence-electron chi connectivity index (χ2n) is 7.19. The van der Waals surface area contributed by atoms with Crippen molar-refractivity contribution in [1.82, 2.24) is 15.0 Å². The number of amides is 1. The van der Waals surface area contributed by atoms with Crippen LogP contribution in [0, 0.1) is 10.1 Å². The summed E-state index contributed by atoms with van der Waals surface area (Å²) < 4.78 is 0. The Hall–Kier alpha value is -4.07. The number of unbranched alkanes of at least 4 members (excludes halogenated alkanes) is 1. The topological polar surface area (TPSA) is 103 Å². The van der Waals surface area contributed by atoms with E-state index < -0.39 is 10.8 Å². The molecule has 8 heteroatoms. The third kappa shape index (κ3) is 4.42. The van der Waals surface area contributed by atoms with Crippen LogP contribution in [0.25, 0.3) is 16.7 Å². The van der Waals surface area contributed by atoms with Gasteiger partial charge in [-0.1, -0.05) is 37.6 Å². The van der Waals surface area contributed by atoms with Gasteiger partial charge < -0.3 is 5.32 Å². The van der Waals surface area contributed by atoms with Gasteiger partial charge in [0.25, 0.3) is 11.6 Å². The van der Waals surface area contributed by atoms with E-state index in [0.29, 0.717) is 16.7 Å². The lowest BCUT2D eigenvalue weighted by atomic mass is 10.1. The number of nitrogens with one attached hydrogen (secondary N) is 1. The first-order valence-corrected chi connectivity index (χ1v) is 10.1. The monoisotopic (exact) mass is 415 g/mol. The maximum absolute atomic E-state index is 12.6. The van der Waals surface area contributed by atoms with Crippen LogP contribution in [0.15, 0.2) is 66.7 Å². The predicted octanol–water partition coefficient (Wildman–Crippen LogP) is 4.92. The molecule has 0 fully saturated rings. The Kier molecular flexibility index (Phi) is 5.70. The van der Waals surface area contributed by atoms with Gasteiger partial charge in [0.1, 0.15) is 16.6 Å². The zero-order chi connectivity index (χ0) is 21.8. The van der Waals surface area contributed by atoms with Gasteiger partial charge in [0.15, 0.2) is 0 Å². The Balaban J connectivity index is 1.55. The third-order valence-corrected chi connectivity index (χ3v) is 4.97. The average Bonchev–Trinajstić information content (AvgIpc) is 3.21. The van der Waals surface area contributed by atoms with Gasteiger partial charge in [0, 0.05) is 11.8 Å². The van der Waals surface area contributed by atoms with E-state index in [1.807, 2.05) is 12.1 Å². The molecule has 3 aromatic carbocycles. The number of anilines is 1. The first-order chi connectivity index (χ1) is 15.0. The van der Waals surface area contributed by atoms with Crippen LogP contribution in [0.5, 0.6) is 0 Å². The molecule has 0 bridgehead atoms. The predicted molar refractivity (Wildman–Crippen MR) is 119 cm³/mol. The largest absolute Gasteiger partial charge is 0.322 e. The van der Waals surface area contributed by atoms with E-state index in [9.17, 15) is 14.9 Å². The van der Waals surface area contributed by atoms with Gasteiger partial charge in [-0.2, -0.15) is 4.80 Å². The standard InChI is InChI=1S/C23H21N5O3/c1-2-3-6-16-9-12-18(13-10-16)27-25-20-14-11-17(15-21(20)26-27)24-23(29)19-7-4-5-8-22(19)28(30)31/h4-5,7-15H,2-3,6H2,1H3,(H,24,29). The zero-order valence-corrected chi connectivity index (χ0v) is 17.0. The molecule has 0 aliphatic heterocycles. The second kappa shape index (κ2) is 8.74. The Morgan fingerprint density at radius 2 is 1.77 bits per heavy atom. The fourth-order valence-electron chi connectivity index (χ4n) is 3.31. The average molecular weight is 415 g/mol. The van der Waals surface area contributed by atoms with Crippen molar-refractivity contribution in [1.29, 1.82) is 0 Å². The molecular weight excluding hydrogens is 394 g/mol. The Labute approximate surface area is 178 Å². The molecule has 1 heterocycles. The molecule has 31 heavy (non-hydrogen) atoms. The smallest absolute Gasteiger partial charge is 0.282 e. The SMILES string of the molecule is CCCCc1ccc(-n2nc3ccc(NC(=O)c4ccccc4[N+](=O)[O-])cc3n2)cc1. The highest BCUT2D eigenvalue weighted by Gasteiger charge is 2.19. The van der Waals surface area contributed by atoms with Crippen molar-refractivity contribution >= 4 is 28.3 Å². The molecule has 0 atom stereocenters. The van der Waals surface area contributed by atoms with Gasteiger partial charge in [-0.3, -0.25) is 14.9 Å². The van der Waals surface area contributed by atoms with Gasteiger partial charge in [-0.25, -0.2) is 0 Å². The number of aromatic nitrogens is 3. The van der Waals surface area contributed by atoms with Crippen LogP contribution in [0.2, 0.25) is 0 Å². The van der Waals surface area contributed by atoms with E-state index in [2.05, 4.69) is 34.6 Å². The first-order valence-electron chi connectivity index (χ1n) is 10.1. The molecule has 0 spiro atoms. The normalized spacial score (nSPS) is 10.9. The Morgan fingerprint density at radius 3 is 2.52 bits per heavy atom. The van der Waals surface area contributed by atoms with E-state index in [1.165, 1.54) is 23.8 Å². The molecule has 1 N–H and O–H groups in total. The number of nitrogens with zero attached hydrogens (tertiary/aromatic N) is 4. The number of para-hydroxylation sites is 1. The maximum Gasteiger partial charge on any atom is 0.282 e. The molecule has 0 aliphatic carbocycles. The lowest BCUT2D eigenvalue weighted by Gasteiger charge is -2.05. The number of aryl methyl sites for hydroxylation is 1. The summed E-state index contributed by atoms with van der Waals surface area (Å²) >= 11 is 0. The second-order valence-corrected chi connectivity index (χ2v) is 7.19. The molecule has 4 rings (SSSR count). The number of carbonyl (C=O) groups excluding carboxylic acids is 1. The van der Waals surface area contributed by atoms with Gasteiger partial charge in [0.2, 0.25) is 0 Å². The molecule has 156 valence electrons. The minimum absolute atomic E-state index is 0.000543. The molecule has 0 aliphatic rings. The summed E-state index contributed by atoms with van der Waals surface area (Å²) in [5.74, 6) is -0.554. The van der Waals surface area contributed by atoms with Crippen LogP contribution in [0.4, 0.5) is 11.4 Å². The molecule has 1 aromatic heterocycles. The van der Waals surface area contributed by atoms with Crippen LogP contribution >= 0.6 is 0 Å². The number of carbonyl (C=O) groups is 1. The zero-order valence-electron chi connectivity index (χ0n) is 17.0. The lowest BCUT2D eigenvalue weighted by Crippen LogP contribution is -2.13. The Bertz CT molecular complexity index is 1250. The minimum Gasteiger partial charge on any atom is -0.322 e. The highest BCUT2D eigenvalue weighted by Crippen LogP contribution is 2.22. The first kappa shape index (κ1) is 20.2. The molecular formula is C23H21N5O3. The summed E-state index contributed by atoms with van der Waals surface area (Å²) in [6.07, 6.45) is 3.36. The van der Waals surface area contributed by atoms with E-state index in [4.69, 9.17) is 0 Å². The molecule has 0 saturated heterocycles. The van der Waals surface area contributed by atoms with Gasteiger partial charge in [-0.15, -0.1) is 10.2 Å².